The van der Waals surface area contributed by atoms with Crippen LogP contribution >= 0.6 is 23.5 Å². The summed E-state index contributed by atoms with van der Waals surface area (Å²) < 4.78 is 13.5. The van der Waals surface area contributed by atoms with E-state index in [1.807, 2.05) is 36.5 Å². The van der Waals surface area contributed by atoms with Crippen molar-refractivity contribution in [2.75, 3.05) is 11.5 Å². The SMILES string of the molecule is CCC1SCCSC1C(NN)c1cc(F)ccc1C. The highest BCUT2D eigenvalue weighted by Gasteiger charge is 2.33. The van der Waals surface area contributed by atoms with Crippen molar-refractivity contribution in [2.45, 2.75) is 36.8 Å². The molecule has 1 aliphatic rings. The molecule has 1 aromatic carbocycles. The average Bonchev–Trinajstić information content (AvgIpc) is 2.44. The van der Waals surface area contributed by atoms with Crippen LogP contribution in [-0.2, 0) is 0 Å². The zero-order valence-electron chi connectivity index (χ0n) is 11.4. The van der Waals surface area contributed by atoms with Gasteiger partial charge in [0.15, 0.2) is 0 Å². The summed E-state index contributed by atoms with van der Waals surface area (Å²) in [6.45, 7) is 4.23. The van der Waals surface area contributed by atoms with Gasteiger partial charge < -0.3 is 0 Å². The van der Waals surface area contributed by atoms with Gasteiger partial charge in [0.2, 0.25) is 0 Å². The zero-order chi connectivity index (χ0) is 13.8. The lowest BCUT2D eigenvalue weighted by Crippen LogP contribution is -2.42. The lowest BCUT2D eigenvalue weighted by atomic mass is 9.96. The molecule has 1 fully saturated rings. The summed E-state index contributed by atoms with van der Waals surface area (Å²) in [5.74, 6) is 7.92. The fourth-order valence-corrected chi connectivity index (χ4v) is 5.78. The first kappa shape index (κ1) is 15.2. The van der Waals surface area contributed by atoms with Gasteiger partial charge in [-0.05, 0) is 36.6 Å². The quantitative estimate of drug-likeness (QED) is 0.661. The smallest absolute Gasteiger partial charge is 0.123 e. The van der Waals surface area contributed by atoms with Crippen LogP contribution in [0.4, 0.5) is 4.39 Å². The molecule has 0 bridgehead atoms. The Morgan fingerprint density at radius 2 is 2.16 bits per heavy atom. The first-order valence-corrected chi connectivity index (χ1v) is 8.72. The van der Waals surface area contributed by atoms with E-state index in [4.69, 9.17) is 5.84 Å². The highest BCUT2D eigenvalue weighted by Crippen LogP contribution is 2.40. The Bertz CT molecular complexity index is 428. The van der Waals surface area contributed by atoms with Gasteiger partial charge in [-0.2, -0.15) is 23.5 Å². The maximum Gasteiger partial charge on any atom is 0.123 e. The van der Waals surface area contributed by atoms with Crippen LogP contribution in [-0.4, -0.2) is 22.0 Å². The predicted molar refractivity (Wildman–Crippen MR) is 84.0 cm³/mol. The molecule has 0 saturated carbocycles. The molecule has 3 atom stereocenters. The lowest BCUT2D eigenvalue weighted by Gasteiger charge is -2.36. The standard InChI is InChI=1S/C14H21FN2S2/c1-3-12-14(19-7-6-18-12)13(17-16)11-8-10(15)5-4-9(11)2/h4-5,8,12-14,17H,3,6-7,16H2,1-2H3. The summed E-state index contributed by atoms with van der Waals surface area (Å²) in [5.41, 5.74) is 5.00. The van der Waals surface area contributed by atoms with E-state index < -0.39 is 0 Å². The van der Waals surface area contributed by atoms with Gasteiger partial charge in [0.1, 0.15) is 5.82 Å². The van der Waals surface area contributed by atoms with E-state index >= 15 is 0 Å². The minimum atomic E-state index is -0.192. The number of halogens is 1. The second-order valence-corrected chi connectivity index (χ2v) is 7.43. The summed E-state index contributed by atoms with van der Waals surface area (Å²) >= 11 is 3.96. The van der Waals surface area contributed by atoms with Gasteiger partial charge >= 0.3 is 0 Å². The maximum absolute atomic E-state index is 13.5. The fourth-order valence-electron chi connectivity index (χ4n) is 2.55. The van der Waals surface area contributed by atoms with Crippen LogP contribution < -0.4 is 11.3 Å². The molecule has 3 unspecified atom stereocenters. The zero-order valence-corrected chi connectivity index (χ0v) is 13.0. The van der Waals surface area contributed by atoms with Crippen LogP contribution in [0.15, 0.2) is 18.2 Å². The third-order valence-corrected chi connectivity index (χ3v) is 6.93. The van der Waals surface area contributed by atoms with Crippen LogP contribution in [0, 0.1) is 12.7 Å². The Balaban J connectivity index is 2.29. The molecule has 0 aliphatic carbocycles. The molecule has 1 aromatic rings. The molecule has 0 radical (unpaired) electrons. The Morgan fingerprint density at radius 3 is 2.84 bits per heavy atom. The Kier molecular flexibility index (Phi) is 5.57. The Hall–Kier alpha value is -0.230. The normalized spacial score (nSPS) is 25.3. The molecule has 1 heterocycles. The van der Waals surface area contributed by atoms with Gasteiger partial charge in [0.05, 0.1) is 6.04 Å². The Labute approximate surface area is 123 Å². The van der Waals surface area contributed by atoms with Crippen LogP contribution in [0.3, 0.4) is 0 Å². The second-order valence-electron chi connectivity index (χ2n) is 4.80. The Morgan fingerprint density at radius 1 is 1.42 bits per heavy atom. The van der Waals surface area contributed by atoms with Crippen molar-refractivity contribution >= 4 is 23.5 Å². The van der Waals surface area contributed by atoms with Crippen molar-refractivity contribution in [3.8, 4) is 0 Å². The number of benzene rings is 1. The van der Waals surface area contributed by atoms with Crippen molar-refractivity contribution in [3.05, 3.63) is 35.1 Å². The summed E-state index contributed by atoms with van der Waals surface area (Å²) in [4.78, 5) is 0. The molecule has 0 amide bonds. The van der Waals surface area contributed by atoms with Crippen molar-refractivity contribution in [1.29, 1.82) is 0 Å². The van der Waals surface area contributed by atoms with Gasteiger partial charge in [-0.3, -0.25) is 11.3 Å². The van der Waals surface area contributed by atoms with E-state index in [9.17, 15) is 4.39 Å². The third-order valence-electron chi connectivity index (χ3n) is 3.58. The first-order valence-electron chi connectivity index (χ1n) is 6.62. The topological polar surface area (TPSA) is 38.0 Å². The molecule has 2 nitrogen and oxygen atoms in total. The highest BCUT2D eigenvalue weighted by molar-refractivity contribution is 8.07. The molecule has 106 valence electrons. The number of hydrogen-bond acceptors (Lipinski definition) is 4. The van der Waals surface area contributed by atoms with Gasteiger partial charge in [-0.15, -0.1) is 0 Å². The van der Waals surface area contributed by atoms with Crippen LogP contribution in [0.25, 0.3) is 0 Å². The van der Waals surface area contributed by atoms with Crippen LogP contribution in [0.2, 0.25) is 0 Å². The number of nitrogens with one attached hydrogen (secondary N) is 1. The third kappa shape index (κ3) is 3.45. The largest absolute Gasteiger partial charge is 0.271 e. The van der Waals surface area contributed by atoms with Gasteiger partial charge in [0, 0.05) is 22.0 Å². The van der Waals surface area contributed by atoms with E-state index in [0.29, 0.717) is 10.5 Å². The predicted octanol–water partition coefficient (Wildman–Crippen LogP) is 3.27. The van der Waals surface area contributed by atoms with E-state index in [1.54, 1.807) is 6.07 Å². The maximum atomic E-state index is 13.5. The molecular formula is C14H21FN2S2. The van der Waals surface area contributed by atoms with Crippen LogP contribution in [0.5, 0.6) is 0 Å². The molecule has 3 N–H and O–H groups in total. The highest BCUT2D eigenvalue weighted by atomic mass is 32.2. The summed E-state index contributed by atoms with van der Waals surface area (Å²) in [5, 5.41) is 0.969. The van der Waals surface area contributed by atoms with Crippen LogP contribution in [0.1, 0.15) is 30.5 Å². The minimum absolute atomic E-state index is 0.0125. The number of rotatable bonds is 4. The second kappa shape index (κ2) is 6.97. The minimum Gasteiger partial charge on any atom is -0.271 e. The fraction of sp³-hybridized carbons (Fsp3) is 0.571. The van der Waals surface area contributed by atoms with Crippen molar-refractivity contribution in [1.82, 2.24) is 5.43 Å². The molecule has 2 rings (SSSR count). The van der Waals surface area contributed by atoms with E-state index in [1.165, 1.54) is 11.8 Å². The molecule has 1 aliphatic heterocycles. The van der Waals surface area contributed by atoms with Crippen molar-refractivity contribution in [3.63, 3.8) is 0 Å². The number of nitrogens with two attached hydrogens (primary N) is 1. The number of aryl methyl sites for hydroxylation is 1. The first-order chi connectivity index (χ1) is 9.17. The average molecular weight is 300 g/mol. The van der Waals surface area contributed by atoms with E-state index in [-0.39, 0.29) is 11.9 Å². The van der Waals surface area contributed by atoms with Crippen molar-refractivity contribution in [2.24, 2.45) is 5.84 Å². The van der Waals surface area contributed by atoms with E-state index in [2.05, 4.69) is 12.3 Å². The molecule has 0 spiro atoms. The van der Waals surface area contributed by atoms with Gasteiger partial charge in [-0.1, -0.05) is 13.0 Å². The molecular weight excluding hydrogens is 279 g/mol. The summed E-state index contributed by atoms with van der Waals surface area (Å²) in [6, 6.07) is 4.97. The molecule has 5 heteroatoms. The molecule has 19 heavy (non-hydrogen) atoms. The summed E-state index contributed by atoms with van der Waals surface area (Å²) in [6.07, 6.45) is 1.12. The summed E-state index contributed by atoms with van der Waals surface area (Å²) in [7, 11) is 0. The number of hydrazine groups is 1. The lowest BCUT2D eigenvalue weighted by molar-refractivity contribution is 0.507. The van der Waals surface area contributed by atoms with Gasteiger partial charge in [0.25, 0.3) is 0 Å². The molecule has 0 aromatic heterocycles. The van der Waals surface area contributed by atoms with E-state index in [0.717, 1.165) is 23.3 Å². The molecule has 1 saturated heterocycles. The van der Waals surface area contributed by atoms with Gasteiger partial charge in [-0.25, -0.2) is 4.39 Å². The number of thioether (sulfide) groups is 2. The number of hydrogen-bond donors (Lipinski definition) is 2. The van der Waals surface area contributed by atoms with Crippen molar-refractivity contribution < 1.29 is 4.39 Å². The monoisotopic (exact) mass is 300 g/mol.